The molecule has 17 heavy (non-hydrogen) atoms. The van der Waals surface area contributed by atoms with Crippen molar-refractivity contribution in [1.82, 2.24) is 0 Å². The van der Waals surface area contributed by atoms with Gasteiger partial charge in [-0.05, 0) is 18.2 Å². The van der Waals surface area contributed by atoms with E-state index in [-0.39, 0.29) is 6.61 Å². The summed E-state index contributed by atoms with van der Waals surface area (Å²) >= 11 is 0. The molecule has 4 nitrogen and oxygen atoms in total. The molecule has 4 heteroatoms. The summed E-state index contributed by atoms with van der Waals surface area (Å²) in [5, 5.41) is 8.15. The lowest BCUT2D eigenvalue weighted by atomic mass is 10.2. The molecule has 1 aromatic rings. The third-order valence-electron chi connectivity index (χ3n) is 1.85. The van der Waals surface area contributed by atoms with Crippen LogP contribution in [0.15, 0.2) is 24.3 Å². The molecule has 0 spiro atoms. The van der Waals surface area contributed by atoms with Gasteiger partial charge in [-0.2, -0.15) is 5.26 Å². The molecule has 0 aliphatic carbocycles. The molecule has 0 amide bonds. The van der Waals surface area contributed by atoms with E-state index in [9.17, 15) is 4.79 Å². The molecule has 0 heterocycles. The molecule has 0 radical (unpaired) electrons. The number of methoxy groups -OCH3 is 1. The van der Waals surface area contributed by atoms with Gasteiger partial charge in [0.05, 0.1) is 7.11 Å². The Morgan fingerprint density at radius 2 is 2.29 bits per heavy atom. The van der Waals surface area contributed by atoms with Crippen LogP contribution in [0, 0.1) is 23.2 Å². The zero-order valence-corrected chi connectivity index (χ0v) is 9.40. The van der Waals surface area contributed by atoms with Crippen LogP contribution in [0.3, 0.4) is 0 Å². The van der Waals surface area contributed by atoms with E-state index < -0.39 is 5.97 Å². The van der Waals surface area contributed by atoms with Gasteiger partial charge in [-0.25, -0.2) is 4.79 Å². The molecule has 0 aliphatic rings. The summed E-state index contributed by atoms with van der Waals surface area (Å²) in [5.74, 6) is 5.61. The minimum atomic E-state index is -0.881. The fraction of sp³-hybridized carbons (Fsp3) is 0.231. The van der Waals surface area contributed by atoms with E-state index in [4.69, 9.17) is 10.00 Å². The van der Waals surface area contributed by atoms with Gasteiger partial charge in [0.1, 0.15) is 12.4 Å². The molecule has 0 atom stereocenters. The average Bonchev–Trinajstić information content (AvgIpc) is 2.38. The zero-order valence-electron chi connectivity index (χ0n) is 9.40. The number of benzene rings is 1. The topological polar surface area (TPSA) is 59.3 Å². The number of nitrogens with zero attached hydrogens (tertiary/aromatic N) is 1. The van der Waals surface area contributed by atoms with Crippen LogP contribution in [-0.2, 0) is 9.53 Å². The summed E-state index contributed by atoms with van der Waals surface area (Å²) in [6, 6.07) is 8.71. The zero-order chi connectivity index (χ0) is 12.5. The van der Waals surface area contributed by atoms with E-state index in [1.54, 1.807) is 7.11 Å². The Morgan fingerprint density at radius 1 is 1.47 bits per heavy atom. The summed E-state index contributed by atoms with van der Waals surface area (Å²) < 4.78 is 9.60. The third kappa shape index (κ3) is 4.72. The predicted molar refractivity (Wildman–Crippen MR) is 61.1 cm³/mol. The van der Waals surface area contributed by atoms with Crippen LogP contribution in [0.25, 0.3) is 0 Å². The summed E-state index contributed by atoms with van der Waals surface area (Å²) in [6.07, 6.45) is 0.393. The van der Waals surface area contributed by atoms with Gasteiger partial charge in [-0.15, -0.1) is 0 Å². The third-order valence-corrected chi connectivity index (χ3v) is 1.85. The SMILES string of the molecule is COc1cccc(C#CCCOC(=O)C#N)c1. The van der Waals surface area contributed by atoms with Gasteiger partial charge >= 0.3 is 5.97 Å². The van der Waals surface area contributed by atoms with E-state index in [1.165, 1.54) is 6.07 Å². The van der Waals surface area contributed by atoms with Crippen LogP contribution in [0.5, 0.6) is 5.75 Å². The Kier molecular flexibility index (Phi) is 5.13. The highest BCUT2D eigenvalue weighted by molar-refractivity contribution is 5.85. The summed E-state index contributed by atoms with van der Waals surface area (Å²) in [4.78, 5) is 10.5. The number of hydrogen-bond acceptors (Lipinski definition) is 4. The standard InChI is InChI=1S/C13H11NO3/c1-16-12-7-4-6-11(9-12)5-2-3-8-17-13(15)10-14/h4,6-7,9H,3,8H2,1H3. The van der Waals surface area contributed by atoms with E-state index >= 15 is 0 Å². The largest absolute Gasteiger partial charge is 0.497 e. The molecule has 86 valence electrons. The van der Waals surface area contributed by atoms with Crippen molar-refractivity contribution in [2.75, 3.05) is 13.7 Å². The highest BCUT2D eigenvalue weighted by Gasteiger charge is 1.96. The van der Waals surface area contributed by atoms with Gasteiger partial charge in [0.25, 0.3) is 0 Å². The smallest absolute Gasteiger partial charge is 0.411 e. The van der Waals surface area contributed by atoms with Gasteiger partial charge < -0.3 is 9.47 Å². The van der Waals surface area contributed by atoms with E-state index in [0.717, 1.165) is 11.3 Å². The maximum Gasteiger partial charge on any atom is 0.411 e. The minimum absolute atomic E-state index is 0.128. The van der Waals surface area contributed by atoms with Crippen molar-refractivity contribution in [2.45, 2.75) is 6.42 Å². The van der Waals surface area contributed by atoms with Crippen molar-refractivity contribution >= 4 is 5.97 Å². The van der Waals surface area contributed by atoms with Crippen molar-refractivity contribution in [3.63, 3.8) is 0 Å². The molecule has 0 aromatic heterocycles. The van der Waals surface area contributed by atoms with Crippen LogP contribution in [0.4, 0.5) is 0 Å². The van der Waals surface area contributed by atoms with E-state index in [2.05, 4.69) is 16.6 Å². The lowest BCUT2D eigenvalue weighted by molar-refractivity contribution is -0.136. The van der Waals surface area contributed by atoms with Crippen LogP contribution in [0.1, 0.15) is 12.0 Å². The Labute approximate surface area is 99.8 Å². The lowest BCUT2D eigenvalue weighted by Crippen LogP contribution is -2.01. The second-order valence-electron chi connectivity index (χ2n) is 3.03. The van der Waals surface area contributed by atoms with Gasteiger partial charge in [0.2, 0.25) is 0 Å². The van der Waals surface area contributed by atoms with Gasteiger partial charge in [-0.1, -0.05) is 17.9 Å². The minimum Gasteiger partial charge on any atom is -0.497 e. The molecule has 0 bridgehead atoms. The normalized spacial score (nSPS) is 8.47. The number of hydrogen-bond donors (Lipinski definition) is 0. The van der Waals surface area contributed by atoms with E-state index in [0.29, 0.717) is 6.42 Å². The maximum atomic E-state index is 10.5. The lowest BCUT2D eigenvalue weighted by Gasteiger charge is -1.98. The van der Waals surface area contributed by atoms with Crippen molar-refractivity contribution in [2.24, 2.45) is 0 Å². The van der Waals surface area contributed by atoms with Crippen LogP contribution in [-0.4, -0.2) is 19.7 Å². The molecule has 0 N–H and O–H groups in total. The first-order valence-corrected chi connectivity index (χ1v) is 4.96. The summed E-state index contributed by atoms with van der Waals surface area (Å²) in [6.45, 7) is 0.128. The van der Waals surface area contributed by atoms with Crippen LogP contribution in [0.2, 0.25) is 0 Å². The highest BCUT2D eigenvalue weighted by Crippen LogP contribution is 2.11. The predicted octanol–water partition coefficient (Wildman–Crippen LogP) is 1.50. The van der Waals surface area contributed by atoms with Gasteiger partial charge in [-0.3, -0.25) is 0 Å². The van der Waals surface area contributed by atoms with E-state index in [1.807, 2.05) is 24.3 Å². The molecule has 1 rings (SSSR count). The van der Waals surface area contributed by atoms with Crippen molar-refractivity contribution in [3.8, 4) is 23.7 Å². The molecule has 0 saturated heterocycles. The molecular formula is C13H11NO3. The van der Waals surface area contributed by atoms with Crippen molar-refractivity contribution in [3.05, 3.63) is 29.8 Å². The number of carbonyl (C=O) groups excluding carboxylic acids is 1. The highest BCUT2D eigenvalue weighted by atomic mass is 16.5. The Morgan fingerprint density at radius 3 is 3.00 bits per heavy atom. The number of esters is 1. The maximum absolute atomic E-state index is 10.5. The molecule has 1 aromatic carbocycles. The number of carbonyl (C=O) groups is 1. The Hall–Kier alpha value is -2.46. The first-order valence-electron chi connectivity index (χ1n) is 4.96. The van der Waals surface area contributed by atoms with Gasteiger partial charge in [0.15, 0.2) is 6.07 Å². The first kappa shape index (κ1) is 12.6. The molecular weight excluding hydrogens is 218 g/mol. The number of ether oxygens (including phenoxy) is 2. The molecule has 0 aliphatic heterocycles. The quantitative estimate of drug-likeness (QED) is 0.341. The molecule has 0 saturated carbocycles. The average molecular weight is 229 g/mol. The number of rotatable bonds is 3. The Bertz CT molecular complexity index is 491. The fourth-order valence-corrected chi connectivity index (χ4v) is 1.09. The molecule has 0 unspecified atom stereocenters. The second-order valence-corrected chi connectivity index (χ2v) is 3.03. The fourth-order valence-electron chi connectivity index (χ4n) is 1.09. The monoisotopic (exact) mass is 229 g/mol. The summed E-state index contributed by atoms with van der Waals surface area (Å²) in [7, 11) is 1.59. The van der Waals surface area contributed by atoms with Crippen molar-refractivity contribution in [1.29, 1.82) is 5.26 Å². The summed E-state index contributed by atoms with van der Waals surface area (Å²) in [5.41, 5.74) is 0.830. The number of nitriles is 1. The van der Waals surface area contributed by atoms with Gasteiger partial charge in [0, 0.05) is 12.0 Å². The van der Waals surface area contributed by atoms with Crippen LogP contribution >= 0.6 is 0 Å². The Balaban J connectivity index is 2.44. The van der Waals surface area contributed by atoms with Crippen molar-refractivity contribution < 1.29 is 14.3 Å². The van der Waals surface area contributed by atoms with Crippen LogP contribution < -0.4 is 4.74 Å². The second kappa shape index (κ2) is 6.92. The first-order chi connectivity index (χ1) is 8.26. The molecule has 0 fully saturated rings.